The SMILES string of the molecule is Cc1ccc(OCc2cccc(N)c2)cc1.N#[NH+]. The average Bonchev–Trinajstić information content (AvgIpc) is 2.41. The van der Waals surface area contributed by atoms with Crippen LogP contribution < -0.4 is 15.9 Å². The van der Waals surface area contributed by atoms with Crippen LogP contribution in [0.25, 0.3) is 0 Å². The molecule has 2 aromatic carbocycles. The fraction of sp³-hybridized carbons (Fsp3) is 0.143. The summed E-state index contributed by atoms with van der Waals surface area (Å²) < 4.78 is 5.65. The van der Waals surface area contributed by atoms with Gasteiger partial charge in [-0.3, -0.25) is 0 Å². The van der Waals surface area contributed by atoms with Crippen LogP contribution in [-0.2, 0) is 6.61 Å². The predicted molar refractivity (Wildman–Crippen MR) is 69.1 cm³/mol. The number of hydrogen-bond acceptors (Lipinski definition) is 3. The summed E-state index contributed by atoms with van der Waals surface area (Å²) in [6.07, 6.45) is 0. The van der Waals surface area contributed by atoms with Gasteiger partial charge in [-0.15, -0.1) is 0 Å². The van der Waals surface area contributed by atoms with Crippen LogP contribution in [0.15, 0.2) is 48.5 Å². The number of ether oxygens (including phenoxy) is 1. The molecule has 0 aliphatic carbocycles. The van der Waals surface area contributed by atoms with Gasteiger partial charge in [-0.25, -0.2) is 0 Å². The van der Waals surface area contributed by atoms with Gasteiger partial charge in [0.15, 0.2) is 0 Å². The molecule has 0 unspecified atom stereocenters. The second kappa shape index (κ2) is 6.92. The number of aryl methyl sites for hydroxylation is 1. The van der Waals surface area contributed by atoms with Crippen LogP contribution in [0.4, 0.5) is 5.69 Å². The molecule has 18 heavy (non-hydrogen) atoms. The van der Waals surface area contributed by atoms with Crippen molar-refractivity contribution in [2.45, 2.75) is 13.5 Å². The van der Waals surface area contributed by atoms with E-state index >= 15 is 0 Å². The molecule has 4 heteroatoms. The maximum Gasteiger partial charge on any atom is 0.212 e. The van der Waals surface area contributed by atoms with E-state index in [1.165, 1.54) is 5.56 Å². The molecule has 92 valence electrons. The lowest BCUT2D eigenvalue weighted by atomic mass is 10.2. The number of benzene rings is 2. The largest absolute Gasteiger partial charge is 0.489 e. The molecule has 2 aromatic rings. The van der Waals surface area contributed by atoms with Gasteiger partial charge < -0.3 is 10.5 Å². The monoisotopic (exact) mass is 242 g/mol. The lowest BCUT2D eigenvalue weighted by Crippen LogP contribution is -2.11. The number of nitrogens with zero attached hydrogens (tertiary/aromatic N) is 1. The van der Waals surface area contributed by atoms with Crippen LogP contribution in [0.1, 0.15) is 11.1 Å². The normalized spacial score (nSPS) is 9.06. The molecular weight excluding hydrogens is 226 g/mol. The van der Waals surface area contributed by atoms with E-state index in [0.29, 0.717) is 6.61 Å². The maximum atomic E-state index is 6.25. The van der Waals surface area contributed by atoms with E-state index in [9.17, 15) is 0 Å². The maximum absolute atomic E-state index is 6.25. The molecule has 0 radical (unpaired) electrons. The fourth-order valence-corrected chi connectivity index (χ4v) is 1.48. The summed E-state index contributed by atoms with van der Waals surface area (Å²) in [6.45, 7) is 2.61. The molecule has 0 heterocycles. The molecule has 0 atom stereocenters. The Kier molecular flexibility index (Phi) is 5.20. The Hall–Kier alpha value is -2.54. The lowest BCUT2D eigenvalue weighted by Gasteiger charge is -2.06. The Morgan fingerprint density at radius 1 is 1.11 bits per heavy atom. The molecule has 0 saturated carbocycles. The third-order valence-electron chi connectivity index (χ3n) is 2.38. The van der Waals surface area contributed by atoms with Crippen LogP contribution in [0, 0.1) is 12.3 Å². The topological polar surface area (TPSA) is 82.8 Å². The molecule has 4 nitrogen and oxygen atoms in total. The number of nitrogens with two attached hydrogens (primary N) is 1. The highest BCUT2D eigenvalue weighted by atomic mass is 16.5. The molecule has 0 bridgehead atoms. The summed E-state index contributed by atoms with van der Waals surface area (Å²) in [6, 6.07) is 15.8. The summed E-state index contributed by atoms with van der Waals surface area (Å²) in [5, 5.41) is 11.0. The van der Waals surface area contributed by atoms with Crippen molar-refractivity contribution < 1.29 is 10.1 Å². The molecular formula is C14H16N3O+. The first-order valence-corrected chi connectivity index (χ1v) is 5.50. The Balaban J connectivity index is 0.000000771. The molecule has 0 amide bonds. The first kappa shape index (κ1) is 13.5. The van der Waals surface area contributed by atoms with Crippen LogP contribution in [0.5, 0.6) is 5.75 Å². The Bertz CT molecular complexity index is 506. The second-order valence-electron chi connectivity index (χ2n) is 3.85. The number of nitrogens with one attached hydrogen (secondary N) is 1. The third-order valence-corrected chi connectivity index (χ3v) is 2.38. The minimum Gasteiger partial charge on any atom is -0.489 e. The molecule has 0 aliphatic heterocycles. The first-order valence-electron chi connectivity index (χ1n) is 5.50. The van der Waals surface area contributed by atoms with E-state index < -0.39 is 0 Å². The number of rotatable bonds is 3. The second-order valence-corrected chi connectivity index (χ2v) is 3.85. The van der Waals surface area contributed by atoms with Gasteiger partial charge >= 0.3 is 0 Å². The summed E-state index contributed by atoms with van der Waals surface area (Å²) in [5.74, 6) is 0.882. The number of hydrogen-bond donors (Lipinski definition) is 2. The molecule has 2 rings (SSSR count). The van der Waals surface area contributed by atoms with Crippen molar-refractivity contribution in [1.82, 2.24) is 0 Å². The van der Waals surface area contributed by atoms with Gasteiger partial charge in [0.1, 0.15) is 12.4 Å². The fourth-order valence-electron chi connectivity index (χ4n) is 1.48. The van der Waals surface area contributed by atoms with Crippen molar-refractivity contribution in [3.63, 3.8) is 0 Å². The molecule has 0 fully saturated rings. The predicted octanol–water partition coefficient (Wildman–Crippen LogP) is 1.44. The average molecular weight is 242 g/mol. The number of anilines is 1. The van der Waals surface area contributed by atoms with Crippen molar-refractivity contribution >= 4 is 5.69 Å². The highest BCUT2D eigenvalue weighted by Crippen LogP contribution is 2.14. The highest BCUT2D eigenvalue weighted by molar-refractivity contribution is 5.40. The minimum absolute atomic E-state index is 0.550. The minimum atomic E-state index is 0.550. The Morgan fingerprint density at radius 2 is 1.78 bits per heavy atom. The summed E-state index contributed by atoms with van der Waals surface area (Å²) in [7, 11) is 0. The van der Waals surface area contributed by atoms with Crippen molar-refractivity contribution in [3.8, 4) is 5.75 Å². The van der Waals surface area contributed by atoms with Crippen molar-refractivity contribution in [1.29, 1.82) is 5.39 Å². The lowest BCUT2D eigenvalue weighted by molar-refractivity contribution is -0.175. The quantitative estimate of drug-likeness (QED) is 0.631. The highest BCUT2D eigenvalue weighted by Gasteiger charge is 1.96. The first-order chi connectivity index (χ1) is 8.74. The Labute approximate surface area is 106 Å². The van der Waals surface area contributed by atoms with Crippen molar-refractivity contribution in [2.24, 2.45) is 0 Å². The molecule has 3 N–H and O–H groups in total. The van der Waals surface area contributed by atoms with Crippen molar-refractivity contribution in [2.75, 3.05) is 5.73 Å². The zero-order chi connectivity index (χ0) is 13.4. The van der Waals surface area contributed by atoms with Gasteiger partial charge in [-0.2, -0.15) is 0 Å². The summed E-state index contributed by atoms with van der Waals surface area (Å²) >= 11 is 0. The van der Waals surface area contributed by atoms with Crippen LogP contribution in [0.2, 0.25) is 0 Å². The molecule has 0 aromatic heterocycles. The van der Waals surface area contributed by atoms with E-state index in [4.69, 9.17) is 21.3 Å². The van der Waals surface area contributed by atoms with Gasteiger partial charge in [0.05, 0.1) is 5.39 Å². The molecule has 0 spiro atoms. The number of nitrogen functional groups attached to an aromatic ring is 1. The van der Waals surface area contributed by atoms with Gasteiger partial charge in [0, 0.05) is 5.69 Å². The smallest absolute Gasteiger partial charge is 0.212 e. The zero-order valence-corrected chi connectivity index (χ0v) is 10.3. The zero-order valence-electron chi connectivity index (χ0n) is 10.3. The van der Waals surface area contributed by atoms with Crippen LogP contribution in [0.3, 0.4) is 0 Å². The van der Waals surface area contributed by atoms with E-state index in [1.54, 1.807) is 0 Å². The van der Waals surface area contributed by atoms with E-state index in [-0.39, 0.29) is 0 Å². The number of diazo groups is 1. The van der Waals surface area contributed by atoms with E-state index in [1.807, 2.05) is 48.5 Å². The third kappa shape index (κ3) is 4.14. The Morgan fingerprint density at radius 3 is 2.39 bits per heavy atom. The van der Waals surface area contributed by atoms with Gasteiger partial charge in [-0.05, 0) is 36.8 Å². The van der Waals surface area contributed by atoms with Crippen LogP contribution >= 0.6 is 0 Å². The molecule has 0 aliphatic rings. The standard InChI is InChI=1S/C14H15NO.N2/c1-11-5-7-14(8-6-11)16-10-12-3-2-4-13(15)9-12;1-2/h2-9H,10,15H2,1H3;/p+1. The summed E-state index contributed by atoms with van der Waals surface area (Å²) in [5.41, 5.74) is 8.78. The van der Waals surface area contributed by atoms with Crippen LogP contribution in [-0.4, -0.2) is 0 Å². The van der Waals surface area contributed by atoms with Crippen molar-refractivity contribution in [3.05, 3.63) is 59.7 Å². The van der Waals surface area contributed by atoms with Gasteiger partial charge in [0.2, 0.25) is 5.39 Å². The van der Waals surface area contributed by atoms with E-state index in [2.05, 4.69) is 6.92 Å². The van der Waals surface area contributed by atoms with Gasteiger partial charge in [0.25, 0.3) is 0 Å². The summed E-state index contributed by atoms with van der Waals surface area (Å²) in [4.78, 5) is 0. The molecule has 0 saturated heterocycles. The van der Waals surface area contributed by atoms with Gasteiger partial charge in [-0.1, -0.05) is 29.8 Å². The van der Waals surface area contributed by atoms with E-state index in [0.717, 1.165) is 17.0 Å².